The van der Waals surface area contributed by atoms with Gasteiger partial charge in [-0.15, -0.1) is 0 Å². The number of para-hydroxylation sites is 2. The van der Waals surface area contributed by atoms with Crippen molar-refractivity contribution >= 4 is 11.0 Å². The van der Waals surface area contributed by atoms with Crippen molar-refractivity contribution in [3.05, 3.63) is 59.9 Å². The smallest absolute Gasteiger partial charge is 0.146 e. The number of aryl methyl sites for hydroxylation is 1. The third kappa shape index (κ3) is 2.20. The van der Waals surface area contributed by atoms with Crippen LogP contribution in [0.25, 0.3) is 11.0 Å². The van der Waals surface area contributed by atoms with Crippen molar-refractivity contribution in [2.45, 2.75) is 13.5 Å². The lowest BCUT2D eigenvalue weighted by Gasteiger charge is -2.03. The molecule has 3 nitrogen and oxygen atoms in total. The van der Waals surface area contributed by atoms with Gasteiger partial charge in [0.2, 0.25) is 0 Å². The molecule has 3 rings (SSSR count). The molecule has 0 bridgehead atoms. The second kappa shape index (κ2) is 4.53. The van der Waals surface area contributed by atoms with Crippen molar-refractivity contribution in [2.75, 3.05) is 0 Å². The Kier molecular flexibility index (Phi) is 2.73. The molecule has 0 atom stereocenters. The van der Waals surface area contributed by atoms with Crippen molar-refractivity contribution in [3.8, 4) is 5.75 Å². The van der Waals surface area contributed by atoms with Gasteiger partial charge in [-0.1, -0.05) is 29.8 Å². The fourth-order valence-electron chi connectivity index (χ4n) is 1.86. The van der Waals surface area contributed by atoms with E-state index in [-0.39, 0.29) is 0 Å². The van der Waals surface area contributed by atoms with Crippen LogP contribution in [0.3, 0.4) is 0 Å². The number of aromatic amines is 1. The van der Waals surface area contributed by atoms with E-state index in [1.807, 2.05) is 48.5 Å². The Balaban J connectivity index is 1.74. The molecule has 1 N–H and O–H groups in total. The fraction of sp³-hybridized carbons (Fsp3) is 0.133. The summed E-state index contributed by atoms with van der Waals surface area (Å²) in [7, 11) is 0. The average molecular weight is 238 g/mol. The molecule has 18 heavy (non-hydrogen) atoms. The standard InChI is InChI=1S/C15H14N2O/c1-11-6-8-12(9-7-11)18-10-15-16-13-4-2-3-5-14(13)17-15/h2-9H,10H2,1H3,(H,16,17). The van der Waals surface area contributed by atoms with E-state index in [1.165, 1.54) is 5.56 Å². The highest BCUT2D eigenvalue weighted by Crippen LogP contribution is 2.15. The zero-order valence-electron chi connectivity index (χ0n) is 10.2. The van der Waals surface area contributed by atoms with Crippen LogP contribution in [0.4, 0.5) is 0 Å². The maximum Gasteiger partial charge on any atom is 0.146 e. The van der Waals surface area contributed by atoms with Crippen LogP contribution in [0.1, 0.15) is 11.4 Å². The fourth-order valence-corrected chi connectivity index (χ4v) is 1.86. The maximum atomic E-state index is 5.68. The summed E-state index contributed by atoms with van der Waals surface area (Å²) in [5.41, 5.74) is 3.24. The van der Waals surface area contributed by atoms with E-state index in [1.54, 1.807) is 0 Å². The number of ether oxygens (including phenoxy) is 1. The number of H-pyrrole nitrogens is 1. The molecule has 1 aromatic heterocycles. The van der Waals surface area contributed by atoms with Crippen LogP contribution < -0.4 is 4.74 Å². The summed E-state index contributed by atoms with van der Waals surface area (Å²) in [6.45, 7) is 2.51. The number of fused-ring (bicyclic) bond motifs is 1. The SMILES string of the molecule is Cc1ccc(OCc2nc3ccccc3[nH]2)cc1. The van der Waals surface area contributed by atoms with Gasteiger partial charge in [-0.25, -0.2) is 4.98 Å². The first-order valence-corrected chi connectivity index (χ1v) is 5.94. The van der Waals surface area contributed by atoms with Crippen molar-refractivity contribution < 1.29 is 4.74 Å². The van der Waals surface area contributed by atoms with Crippen LogP contribution in [0.2, 0.25) is 0 Å². The van der Waals surface area contributed by atoms with Crippen LogP contribution in [-0.4, -0.2) is 9.97 Å². The Morgan fingerprint density at radius 2 is 1.83 bits per heavy atom. The molecule has 0 spiro atoms. The van der Waals surface area contributed by atoms with E-state index < -0.39 is 0 Å². The molecule has 0 saturated heterocycles. The van der Waals surface area contributed by atoms with Gasteiger partial charge in [0.05, 0.1) is 11.0 Å². The molecule has 0 fully saturated rings. The predicted octanol–water partition coefficient (Wildman–Crippen LogP) is 3.45. The lowest BCUT2D eigenvalue weighted by atomic mass is 10.2. The number of benzene rings is 2. The highest BCUT2D eigenvalue weighted by Gasteiger charge is 2.02. The van der Waals surface area contributed by atoms with Crippen LogP contribution in [0.5, 0.6) is 5.75 Å². The molecule has 0 aliphatic heterocycles. The number of nitrogens with one attached hydrogen (secondary N) is 1. The minimum atomic E-state index is 0.456. The largest absolute Gasteiger partial charge is 0.486 e. The summed E-state index contributed by atoms with van der Waals surface area (Å²) in [5, 5.41) is 0. The molecule has 0 unspecified atom stereocenters. The van der Waals surface area contributed by atoms with Gasteiger partial charge in [-0.05, 0) is 31.2 Å². The second-order valence-electron chi connectivity index (χ2n) is 4.30. The minimum absolute atomic E-state index is 0.456. The third-order valence-corrected chi connectivity index (χ3v) is 2.83. The molecule has 0 aliphatic rings. The first-order valence-electron chi connectivity index (χ1n) is 5.94. The summed E-state index contributed by atoms with van der Waals surface area (Å²) >= 11 is 0. The van der Waals surface area contributed by atoms with Crippen molar-refractivity contribution in [1.82, 2.24) is 9.97 Å². The van der Waals surface area contributed by atoms with Gasteiger partial charge < -0.3 is 9.72 Å². The summed E-state index contributed by atoms with van der Waals surface area (Å²) in [5.74, 6) is 1.71. The highest BCUT2D eigenvalue weighted by molar-refractivity contribution is 5.74. The van der Waals surface area contributed by atoms with Gasteiger partial charge in [-0.2, -0.15) is 0 Å². The summed E-state index contributed by atoms with van der Waals surface area (Å²) < 4.78 is 5.68. The minimum Gasteiger partial charge on any atom is -0.486 e. The highest BCUT2D eigenvalue weighted by atomic mass is 16.5. The summed E-state index contributed by atoms with van der Waals surface area (Å²) in [6, 6.07) is 16.0. The normalized spacial score (nSPS) is 10.7. The van der Waals surface area contributed by atoms with Crippen molar-refractivity contribution in [2.24, 2.45) is 0 Å². The molecule has 90 valence electrons. The molecular formula is C15H14N2O. The Labute approximate surface area is 105 Å². The third-order valence-electron chi connectivity index (χ3n) is 2.83. The van der Waals surface area contributed by atoms with E-state index in [4.69, 9.17) is 4.74 Å². The number of hydrogen-bond donors (Lipinski definition) is 1. The predicted molar refractivity (Wildman–Crippen MR) is 71.6 cm³/mol. The molecular weight excluding hydrogens is 224 g/mol. The van der Waals surface area contributed by atoms with Crippen LogP contribution in [0.15, 0.2) is 48.5 Å². The zero-order chi connectivity index (χ0) is 12.4. The number of rotatable bonds is 3. The molecule has 0 aliphatic carbocycles. The first-order chi connectivity index (χ1) is 8.81. The van der Waals surface area contributed by atoms with E-state index in [9.17, 15) is 0 Å². The molecule has 0 amide bonds. The van der Waals surface area contributed by atoms with Gasteiger partial charge in [-0.3, -0.25) is 0 Å². The molecule has 0 saturated carbocycles. The van der Waals surface area contributed by atoms with Gasteiger partial charge >= 0.3 is 0 Å². The van der Waals surface area contributed by atoms with Crippen molar-refractivity contribution in [3.63, 3.8) is 0 Å². The number of aromatic nitrogens is 2. The van der Waals surface area contributed by atoms with Gasteiger partial charge in [0.1, 0.15) is 18.2 Å². The lowest BCUT2D eigenvalue weighted by Crippen LogP contribution is -1.97. The van der Waals surface area contributed by atoms with Crippen LogP contribution in [0, 0.1) is 6.92 Å². The van der Waals surface area contributed by atoms with Crippen molar-refractivity contribution in [1.29, 1.82) is 0 Å². The Bertz CT molecular complexity index is 623. The second-order valence-corrected chi connectivity index (χ2v) is 4.30. The first kappa shape index (κ1) is 10.8. The topological polar surface area (TPSA) is 37.9 Å². The van der Waals surface area contributed by atoms with Gasteiger partial charge in [0.15, 0.2) is 0 Å². The van der Waals surface area contributed by atoms with E-state index >= 15 is 0 Å². The Morgan fingerprint density at radius 3 is 2.61 bits per heavy atom. The van der Waals surface area contributed by atoms with Gasteiger partial charge in [0.25, 0.3) is 0 Å². The van der Waals surface area contributed by atoms with Crippen LogP contribution >= 0.6 is 0 Å². The average Bonchev–Trinajstić information content (AvgIpc) is 2.81. The molecule has 2 aromatic carbocycles. The molecule has 1 heterocycles. The van der Waals surface area contributed by atoms with Gasteiger partial charge in [0, 0.05) is 0 Å². The molecule has 3 heteroatoms. The Morgan fingerprint density at radius 1 is 1.06 bits per heavy atom. The lowest BCUT2D eigenvalue weighted by molar-refractivity contribution is 0.297. The van der Waals surface area contributed by atoms with Crippen LogP contribution in [-0.2, 0) is 6.61 Å². The zero-order valence-corrected chi connectivity index (χ0v) is 10.2. The summed E-state index contributed by atoms with van der Waals surface area (Å²) in [4.78, 5) is 7.71. The Hall–Kier alpha value is -2.29. The van der Waals surface area contributed by atoms with E-state index in [2.05, 4.69) is 16.9 Å². The quantitative estimate of drug-likeness (QED) is 0.759. The number of imidazole rings is 1. The van der Waals surface area contributed by atoms with E-state index in [0.717, 1.165) is 22.6 Å². The monoisotopic (exact) mass is 238 g/mol. The number of nitrogens with zero attached hydrogens (tertiary/aromatic N) is 1. The maximum absolute atomic E-state index is 5.68. The summed E-state index contributed by atoms with van der Waals surface area (Å²) in [6.07, 6.45) is 0. The molecule has 0 radical (unpaired) electrons. The van der Waals surface area contributed by atoms with E-state index in [0.29, 0.717) is 6.61 Å². The molecule has 3 aromatic rings. The number of hydrogen-bond acceptors (Lipinski definition) is 2.